The quantitative estimate of drug-likeness (QED) is 0.332. The van der Waals surface area contributed by atoms with E-state index in [4.69, 9.17) is 4.74 Å². The third-order valence-electron chi connectivity index (χ3n) is 5.93. The molecule has 2 aromatic heterocycles. The first-order chi connectivity index (χ1) is 17.8. The lowest BCUT2D eigenvalue weighted by Crippen LogP contribution is -2.25. The Morgan fingerprint density at radius 1 is 0.892 bits per heavy atom. The van der Waals surface area contributed by atoms with Crippen LogP contribution in [-0.4, -0.2) is 28.0 Å². The lowest BCUT2D eigenvalue weighted by molar-refractivity contribution is 0.0689. The largest absolute Gasteiger partial charge is 0.477 e. The number of carbonyl (C=O) groups is 1. The van der Waals surface area contributed by atoms with Crippen LogP contribution in [0.2, 0.25) is 0 Å². The molecule has 8 nitrogen and oxygen atoms in total. The maximum atomic E-state index is 13.5. The third kappa shape index (κ3) is 4.52. The van der Waals surface area contributed by atoms with Crippen LogP contribution in [-0.2, 0) is 22.8 Å². The SMILES string of the molecule is Cn1cc(-c2ccccc2Oc2ccccc2)c2cc(C(=O)O)n(S(=O)(=O)Cc3ccccc3)c2c1=O. The van der Waals surface area contributed by atoms with Crippen LogP contribution < -0.4 is 10.3 Å². The lowest BCUT2D eigenvalue weighted by atomic mass is 10.0. The number of aromatic carboxylic acids is 1. The highest BCUT2D eigenvalue weighted by molar-refractivity contribution is 7.89. The van der Waals surface area contributed by atoms with Crippen molar-refractivity contribution < 1.29 is 23.1 Å². The average molecular weight is 515 g/mol. The van der Waals surface area contributed by atoms with Crippen LogP contribution in [0.4, 0.5) is 0 Å². The fourth-order valence-corrected chi connectivity index (χ4v) is 5.91. The van der Waals surface area contributed by atoms with E-state index in [2.05, 4.69) is 0 Å². The minimum atomic E-state index is -4.28. The predicted molar refractivity (Wildman–Crippen MR) is 141 cm³/mol. The molecule has 0 aliphatic heterocycles. The molecule has 5 aromatic rings. The normalized spacial score (nSPS) is 11.5. The molecule has 0 unspecified atom stereocenters. The Morgan fingerprint density at radius 3 is 2.19 bits per heavy atom. The van der Waals surface area contributed by atoms with Gasteiger partial charge in [0.1, 0.15) is 22.7 Å². The summed E-state index contributed by atoms with van der Waals surface area (Å²) in [6, 6.07) is 25.8. The first-order valence-corrected chi connectivity index (χ1v) is 12.9. The van der Waals surface area contributed by atoms with Crippen molar-refractivity contribution in [2.45, 2.75) is 5.75 Å². The second-order valence-corrected chi connectivity index (χ2v) is 10.3. The Kier molecular flexibility index (Phi) is 6.14. The predicted octanol–water partition coefficient (Wildman–Crippen LogP) is 4.88. The zero-order valence-electron chi connectivity index (χ0n) is 19.7. The molecule has 0 aliphatic rings. The molecule has 9 heteroatoms. The molecular weight excluding hydrogens is 492 g/mol. The molecule has 0 spiro atoms. The van der Waals surface area contributed by atoms with Crippen molar-refractivity contribution in [3.63, 3.8) is 0 Å². The monoisotopic (exact) mass is 514 g/mol. The molecule has 186 valence electrons. The fraction of sp³-hybridized carbons (Fsp3) is 0.0714. The third-order valence-corrected chi connectivity index (χ3v) is 7.57. The second kappa shape index (κ2) is 9.44. The van der Waals surface area contributed by atoms with Crippen LogP contribution in [0.25, 0.3) is 22.0 Å². The van der Waals surface area contributed by atoms with Gasteiger partial charge in [0.15, 0.2) is 0 Å². The maximum Gasteiger partial charge on any atom is 0.353 e. The Labute approximate surface area is 212 Å². The minimum Gasteiger partial charge on any atom is -0.477 e. The highest BCUT2D eigenvalue weighted by atomic mass is 32.2. The van der Waals surface area contributed by atoms with Gasteiger partial charge >= 0.3 is 5.97 Å². The molecule has 1 N–H and O–H groups in total. The van der Waals surface area contributed by atoms with Crippen LogP contribution in [0.15, 0.2) is 102 Å². The molecule has 0 saturated carbocycles. The van der Waals surface area contributed by atoms with Gasteiger partial charge in [-0.15, -0.1) is 0 Å². The molecule has 0 radical (unpaired) electrons. The second-order valence-electron chi connectivity index (χ2n) is 8.47. The first kappa shape index (κ1) is 24.1. The van der Waals surface area contributed by atoms with Crippen LogP contribution in [0.3, 0.4) is 0 Å². The molecule has 0 bridgehead atoms. The van der Waals surface area contributed by atoms with Crippen molar-refractivity contribution in [2.75, 3.05) is 0 Å². The van der Waals surface area contributed by atoms with Crippen LogP contribution in [0, 0.1) is 0 Å². The number of hydrogen-bond acceptors (Lipinski definition) is 5. The van der Waals surface area contributed by atoms with Gasteiger partial charge in [-0.3, -0.25) is 4.79 Å². The van der Waals surface area contributed by atoms with Gasteiger partial charge in [0.05, 0.1) is 5.75 Å². The Bertz CT molecular complexity index is 1790. The maximum absolute atomic E-state index is 13.5. The molecule has 5 rings (SSSR count). The van der Waals surface area contributed by atoms with Gasteiger partial charge in [0.2, 0.25) is 10.0 Å². The molecule has 0 fully saturated rings. The number of aryl methyl sites for hydroxylation is 1. The summed E-state index contributed by atoms with van der Waals surface area (Å²) in [4.78, 5) is 25.5. The zero-order chi connectivity index (χ0) is 26.2. The topological polar surface area (TPSA) is 108 Å². The number of hydrogen-bond donors (Lipinski definition) is 1. The molecule has 2 heterocycles. The number of para-hydroxylation sites is 2. The van der Waals surface area contributed by atoms with Crippen molar-refractivity contribution in [1.82, 2.24) is 8.54 Å². The Hall–Kier alpha value is -4.63. The number of rotatable bonds is 7. The van der Waals surface area contributed by atoms with Crippen molar-refractivity contribution in [1.29, 1.82) is 0 Å². The lowest BCUT2D eigenvalue weighted by Gasteiger charge is -2.14. The average Bonchev–Trinajstić information content (AvgIpc) is 3.30. The number of ether oxygens (including phenoxy) is 1. The molecule has 0 amide bonds. The minimum absolute atomic E-state index is 0.196. The van der Waals surface area contributed by atoms with Crippen LogP contribution >= 0.6 is 0 Å². The summed E-state index contributed by atoms with van der Waals surface area (Å²) in [6.45, 7) is 0. The highest BCUT2D eigenvalue weighted by Gasteiger charge is 2.29. The van der Waals surface area contributed by atoms with Gasteiger partial charge in [0, 0.05) is 29.8 Å². The van der Waals surface area contributed by atoms with E-state index in [-0.39, 0.29) is 10.9 Å². The van der Waals surface area contributed by atoms with Gasteiger partial charge in [-0.2, -0.15) is 0 Å². The van der Waals surface area contributed by atoms with E-state index >= 15 is 0 Å². The van der Waals surface area contributed by atoms with Gasteiger partial charge in [-0.1, -0.05) is 66.7 Å². The molecule has 0 saturated heterocycles. The summed E-state index contributed by atoms with van der Waals surface area (Å²) in [5.41, 5.74) is 0.112. The number of nitrogens with zero attached hydrogens (tertiary/aromatic N) is 2. The van der Waals surface area contributed by atoms with Gasteiger partial charge in [0.25, 0.3) is 5.56 Å². The number of fused-ring (bicyclic) bond motifs is 1. The van der Waals surface area contributed by atoms with Crippen LogP contribution in [0.5, 0.6) is 11.5 Å². The highest BCUT2D eigenvalue weighted by Crippen LogP contribution is 2.37. The van der Waals surface area contributed by atoms with Crippen molar-refractivity contribution in [2.24, 2.45) is 7.05 Å². The Balaban J connectivity index is 1.77. The zero-order valence-corrected chi connectivity index (χ0v) is 20.6. The molecule has 0 atom stereocenters. The number of carboxylic acid groups (broad SMARTS) is 1. The van der Waals surface area contributed by atoms with Crippen molar-refractivity contribution in [3.05, 3.63) is 119 Å². The van der Waals surface area contributed by atoms with E-state index in [9.17, 15) is 23.1 Å². The van der Waals surface area contributed by atoms with Gasteiger partial charge in [-0.25, -0.2) is 17.2 Å². The summed E-state index contributed by atoms with van der Waals surface area (Å²) in [7, 11) is -2.78. The van der Waals surface area contributed by atoms with E-state index < -0.39 is 33.0 Å². The molecule has 37 heavy (non-hydrogen) atoms. The Morgan fingerprint density at radius 2 is 1.51 bits per heavy atom. The van der Waals surface area contributed by atoms with E-state index in [1.807, 2.05) is 18.2 Å². The molecule has 0 aliphatic carbocycles. The van der Waals surface area contributed by atoms with Gasteiger partial charge in [-0.05, 0) is 29.8 Å². The first-order valence-electron chi connectivity index (χ1n) is 11.3. The number of carboxylic acids is 1. The standard InChI is InChI=1S/C28H22N2O6S/c1-29-17-23(21-14-8-9-15-25(21)36-20-12-6-3-7-13-20)22-16-24(28(32)33)30(26(22)27(29)31)37(34,35)18-19-10-4-2-5-11-19/h2-17H,18H2,1H3,(H,32,33). The number of aromatic nitrogens is 2. The van der Waals surface area contributed by atoms with Crippen molar-refractivity contribution >= 4 is 26.9 Å². The summed E-state index contributed by atoms with van der Waals surface area (Å²) >= 11 is 0. The van der Waals surface area contributed by atoms with E-state index in [1.165, 1.54) is 17.7 Å². The van der Waals surface area contributed by atoms with Crippen LogP contribution in [0.1, 0.15) is 16.1 Å². The number of benzene rings is 3. The fourth-order valence-electron chi connectivity index (χ4n) is 4.29. The van der Waals surface area contributed by atoms with E-state index in [0.29, 0.717) is 32.2 Å². The van der Waals surface area contributed by atoms with E-state index in [1.54, 1.807) is 72.9 Å². The summed E-state index contributed by atoms with van der Waals surface area (Å²) in [6.07, 6.45) is 1.55. The summed E-state index contributed by atoms with van der Waals surface area (Å²) in [5.74, 6) is -0.885. The number of pyridine rings is 1. The summed E-state index contributed by atoms with van der Waals surface area (Å²) in [5, 5.41) is 10.1. The summed E-state index contributed by atoms with van der Waals surface area (Å²) < 4.78 is 35.1. The van der Waals surface area contributed by atoms with Gasteiger partial charge < -0.3 is 14.4 Å². The molecular formula is C28H22N2O6S. The van der Waals surface area contributed by atoms with E-state index in [0.717, 1.165) is 0 Å². The smallest absolute Gasteiger partial charge is 0.353 e. The van der Waals surface area contributed by atoms with Crippen molar-refractivity contribution in [3.8, 4) is 22.6 Å². The molecule has 3 aromatic carbocycles.